The van der Waals surface area contributed by atoms with Crippen LogP contribution in [-0.2, 0) is 0 Å². The zero-order valence-electron chi connectivity index (χ0n) is 15.9. The first-order valence-corrected chi connectivity index (χ1v) is 9.19. The maximum Gasteiger partial charge on any atom is 0.256 e. The summed E-state index contributed by atoms with van der Waals surface area (Å²) in [6.45, 7) is 12.2. The van der Waals surface area contributed by atoms with Gasteiger partial charge in [0.1, 0.15) is 0 Å². The molecule has 2 aromatic rings. The average molecular weight is 339 g/mol. The van der Waals surface area contributed by atoms with Crippen LogP contribution < -0.4 is 5.32 Å². The standard InChI is InChI=1S/C21H29N3O/c1-14-13-20(21(25)23-12-11-22-15(2)16(23)3)18(5)24(14)17(4)19-9-7-6-8-10-19/h6-10,13,15-17,22H,11-12H2,1-5H3. The van der Waals surface area contributed by atoms with Crippen LogP contribution in [0.4, 0.5) is 0 Å². The summed E-state index contributed by atoms with van der Waals surface area (Å²) in [5.41, 5.74) is 4.28. The lowest BCUT2D eigenvalue weighted by molar-refractivity contribution is 0.0602. The Morgan fingerprint density at radius 2 is 1.88 bits per heavy atom. The number of hydrogen-bond acceptors (Lipinski definition) is 2. The molecule has 1 aromatic carbocycles. The third kappa shape index (κ3) is 3.23. The van der Waals surface area contributed by atoms with Gasteiger partial charge < -0.3 is 14.8 Å². The van der Waals surface area contributed by atoms with E-state index in [0.29, 0.717) is 6.04 Å². The van der Waals surface area contributed by atoms with E-state index in [4.69, 9.17) is 0 Å². The van der Waals surface area contributed by atoms with Crippen molar-refractivity contribution in [1.29, 1.82) is 0 Å². The molecule has 0 saturated carbocycles. The summed E-state index contributed by atoms with van der Waals surface area (Å²) < 4.78 is 2.28. The minimum Gasteiger partial charge on any atom is -0.341 e. The van der Waals surface area contributed by atoms with Crippen LogP contribution >= 0.6 is 0 Å². The van der Waals surface area contributed by atoms with Crippen molar-refractivity contribution >= 4 is 5.91 Å². The smallest absolute Gasteiger partial charge is 0.256 e. The normalized spacial score (nSPS) is 22.0. The van der Waals surface area contributed by atoms with Gasteiger partial charge in [-0.3, -0.25) is 4.79 Å². The molecule has 1 fully saturated rings. The number of benzene rings is 1. The van der Waals surface area contributed by atoms with E-state index in [1.807, 2.05) is 11.0 Å². The molecule has 134 valence electrons. The van der Waals surface area contributed by atoms with Crippen LogP contribution in [-0.4, -0.2) is 40.5 Å². The molecule has 3 unspecified atom stereocenters. The number of aryl methyl sites for hydroxylation is 1. The van der Waals surface area contributed by atoms with Gasteiger partial charge in [0.2, 0.25) is 0 Å². The second-order valence-corrected chi connectivity index (χ2v) is 7.22. The zero-order valence-corrected chi connectivity index (χ0v) is 15.9. The second-order valence-electron chi connectivity index (χ2n) is 7.22. The molecule has 1 aliphatic rings. The number of carbonyl (C=O) groups is 1. The SMILES string of the molecule is Cc1cc(C(=O)N2CCNC(C)C2C)c(C)n1C(C)c1ccccc1. The van der Waals surface area contributed by atoms with Crippen molar-refractivity contribution in [2.45, 2.75) is 52.7 Å². The molecule has 0 aliphatic carbocycles. The monoisotopic (exact) mass is 339 g/mol. The first-order chi connectivity index (χ1) is 11.9. The van der Waals surface area contributed by atoms with Crippen LogP contribution in [0.2, 0.25) is 0 Å². The van der Waals surface area contributed by atoms with E-state index < -0.39 is 0 Å². The van der Waals surface area contributed by atoms with Crippen molar-refractivity contribution in [3.63, 3.8) is 0 Å². The van der Waals surface area contributed by atoms with Gasteiger partial charge in [0.15, 0.2) is 0 Å². The third-order valence-electron chi connectivity index (χ3n) is 5.68. The summed E-state index contributed by atoms with van der Waals surface area (Å²) in [6.07, 6.45) is 0. The Labute approximate surface area is 150 Å². The first kappa shape index (κ1) is 17.7. The molecule has 1 amide bonds. The van der Waals surface area contributed by atoms with Crippen LogP contribution in [0, 0.1) is 13.8 Å². The van der Waals surface area contributed by atoms with Crippen molar-refractivity contribution in [3.05, 3.63) is 58.9 Å². The molecule has 25 heavy (non-hydrogen) atoms. The fourth-order valence-electron chi connectivity index (χ4n) is 3.97. The minimum absolute atomic E-state index is 0.153. The van der Waals surface area contributed by atoms with Crippen molar-refractivity contribution in [2.24, 2.45) is 0 Å². The minimum atomic E-state index is 0.153. The van der Waals surface area contributed by atoms with Crippen LogP contribution in [0.3, 0.4) is 0 Å². The molecule has 4 heteroatoms. The van der Waals surface area contributed by atoms with Gasteiger partial charge >= 0.3 is 0 Å². The van der Waals surface area contributed by atoms with E-state index in [9.17, 15) is 4.79 Å². The average Bonchev–Trinajstić information content (AvgIpc) is 2.91. The van der Waals surface area contributed by atoms with E-state index >= 15 is 0 Å². The summed E-state index contributed by atoms with van der Waals surface area (Å²) in [7, 11) is 0. The summed E-state index contributed by atoms with van der Waals surface area (Å²) in [5.74, 6) is 0.153. The number of carbonyl (C=O) groups excluding carboxylic acids is 1. The van der Waals surface area contributed by atoms with Crippen LogP contribution in [0.15, 0.2) is 36.4 Å². The van der Waals surface area contributed by atoms with E-state index in [-0.39, 0.29) is 18.0 Å². The molecule has 0 radical (unpaired) electrons. The fraction of sp³-hybridized carbons (Fsp3) is 0.476. The maximum atomic E-state index is 13.2. The summed E-state index contributed by atoms with van der Waals surface area (Å²) >= 11 is 0. The van der Waals surface area contributed by atoms with Gasteiger partial charge in [0.05, 0.1) is 11.6 Å². The Bertz CT molecular complexity index is 750. The molecule has 4 nitrogen and oxygen atoms in total. The van der Waals surface area contributed by atoms with E-state index in [1.54, 1.807) is 0 Å². The van der Waals surface area contributed by atoms with Gasteiger partial charge in [-0.1, -0.05) is 30.3 Å². The second kappa shape index (κ2) is 7.04. The number of hydrogen-bond donors (Lipinski definition) is 1. The van der Waals surface area contributed by atoms with Crippen molar-refractivity contribution in [3.8, 4) is 0 Å². The van der Waals surface area contributed by atoms with E-state index in [0.717, 1.165) is 30.0 Å². The molecule has 2 heterocycles. The van der Waals surface area contributed by atoms with Gasteiger partial charge in [0, 0.05) is 36.6 Å². The Balaban J connectivity index is 1.93. The lowest BCUT2D eigenvalue weighted by atomic mass is 10.1. The largest absolute Gasteiger partial charge is 0.341 e. The Kier molecular flexibility index (Phi) is 5.00. The van der Waals surface area contributed by atoms with Gasteiger partial charge in [-0.05, 0) is 46.2 Å². The molecular formula is C21H29N3O. The summed E-state index contributed by atoms with van der Waals surface area (Å²) in [5, 5.41) is 3.44. The first-order valence-electron chi connectivity index (χ1n) is 9.19. The summed E-state index contributed by atoms with van der Waals surface area (Å²) in [6, 6.07) is 13.2. The number of amides is 1. The number of aromatic nitrogens is 1. The molecule has 3 atom stereocenters. The van der Waals surface area contributed by atoms with Crippen molar-refractivity contribution < 1.29 is 4.79 Å². The highest BCUT2D eigenvalue weighted by molar-refractivity contribution is 5.96. The van der Waals surface area contributed by atoms with E-state index in [1.165, 1.54) is 5.56 Å². The quantitative estimate of drug-likeness (QED) is 0.929. The van der Waals surface area contributed by atoms with Crippen molar-refractivity contribution in [1.82, 2.24) is 14.8 Å². The zero-order chi connectivity index (χ0) is 18.1. The van der Waals surface area contributed by atoms with Crippen LogP contribution in [0.1, 0.15) is 54.1 Å². The predicted molar refractivity (Wildman–Crippen MR) is 102 cm³/mol. The predicted octanol–water partition coefficient (Wildman–Crippen LogP) is 3.54. The Morgan fingerprint density at radius 3 is 2.56 bits per heavy atom. The molecule has 1 aliphatic heterocycles. The van der Waals surface area contributed by atoms with Gasteiger partial charge in [-0.15, -0.1) is 0 Å². The highest BCUT2D eigenvalue weighted by atomic mass is 16.2. The van der Waals surface area contributed by atoms with Crippen LogP contribution in [0.5, 0.6) is 0 Å². The number of rotatable bonds is 3. The molecule has 0 bridgehead atoms. The topological polar surface area (TPSA) is 37.3 Å². The molecular weight excluding hydrogens is 310 g/mol. The van der Waals surface area contributed by atoms with Crippen LogP contribution in [0.25, 0.3) is 0 Å². The lowest BCUT2D eigenvalue weighted by Gasteiger charge is -2.38. The lowest BCUT2D eigenvalue weighted by Crippen LogP contribution is -2.57. The van der Waals surface area contributed by atoms with Gasteiger partial charge in [-0.2, -0.15) is 0 Å². The highest BCUT2D eigenvalue weighted by Crippen LogP contribution is 2.27. The number of nitrogens with zero attached hydrogens (tertiary/aromatic N) is 2. The van der Waals surface area contributed by atoms with Gasteiger partial charge in [-0.25, -0.2) is 0 Å². The number of nitrogens with one attached hydrogen (secondary N) is 1. The molecule has 1 N–H and O–H groups in total. The maximum absolute atomic E-state index is 13.2. The number of piperazine rings is 1. The molecule has 3 rings (SSSR count). The molecule has 1 saturated heterocycles. The van der Waals surface area contributed by atoms with Gasteiger partial charge in [0.25, 0.3) is 5.91 Å². The summed E-state index contributed by atoms with van der Waals surface area (Å²) in [4.78, 5) is 15.2. The van der Waals surface area contributed by atoms with E-state index in [2.05, 4.69) is 74.8 Å². The molecule has 1 aromatic heterocycles. The third-order valence-corrected chi connectivity index (χ3v) is 5.68. The van der Waals surface area contributed by atoms with Crippen molar-refractivity contribution in [2.75, 3.05) is 13.1 Å². The Hall–Kier alpha value is -2.07. The Morgan fingerprint density at radius 1 is 1.20 bits per heavy atom. The highest BCUT2D eigenvalue weighted by Gasteiger charge is 2.31. The fourth-order valence-corrected chi connectivity index (χ4v) is 3.97. The molecule has 0 spiro atoms.